The van der Waals surface area contributed by atoms with Crippen LogP contribution >= 0.6 is 0 Å². The van der Waals surface area contributed by atoms with Gasteiger partial charge in [-0.2, -0.15) is 4.68 Å². The van der Waals surface area contributed by atoms with Crippen molar-refractivity contribution in [3.8, 4) is 5.69 Å². The molecule has 1 heterocycles. The first-order chi connectivity index (χ1) is 9.64. The molecule has 3 rings (SSSR count). The number of nitrogens with two attached hydrogens (primary N) is 1. The van der Waals surface area contributed by atoms with E-state index in [1.807, 2.05) is 31.2 Å². The van der Waals surface area contributed by atoms with Gasteiger partial charge in [-0.3, -0.25) is 4.79 Å². The van der Waals surface area contributed by atoms with Crippen molar-refractivity contribution >= 4 is 11.6 Å². The first-order valence-electron chi connectivity index (χ1n) is 6.52. The lowest BCUT2D eigenvalue weighted by Crippen LogP contribution is -2.30. The summed E-state index contributed by atoms with van der Waals surface area (Å²) in [6.45, 7) is 2.21. The van der Waals surface area contributed by atoms with Crippen molar-refractivity contribution in [3.63, 3.8) is 0 Å². The number of carbonyl (C=O) groups excluding carboxylic acids is 1. The van der Waals surface area contributed by atoms with Crippen molar-refractivity contribution in [1.82, 2.24) is 20.2 Å². The van der Waals surface area contributed by atoms with Crippen LogP contribution in [0.1, 0.15) is 18.7 Å². The van der Waals surface area contributed by atoms with Gasteiger partial charge in [-0.15, -0.1) is 5.10 Å². The molecule has 0 atom stereocenters. The topological polar surface area (TPSA) is 98.7 Å². The highest BCUT2D eigenvalue weighted by Gasteiger charge is 2.48. The molecular formula is C13H16N6O. The van der Waals surface area contributed by atoms with Crippen LogP contribution in [-0.4, -0.2) is 32.7 Å². The zero-order valence-electron chi connectivity index (χ0n) is 11.2. The van der Waals surface area contributed by atoms with E-state index in [0.29, 0.717) is 12.4 Å². The maximum absolute atomic E-state index is 12.2. The van der Waals surface area contributed by atoms with Gasteiger partial charge >= 0.3 is 0 Å². The third-order valence-corrected chi connectivity index (χ3v) is 3.70. The molecule has 0 radical (unpaired) electrons. The Labute approximate surface area is 116 Å². The number of nitrogens with one attached hydrogen (secondary N) is 1. The van der Waals surface area contributed by atoms with Crippen molar-refractivity contribution in [1.29, 1.82) is 0 Å². The number of aromatic nitrogens is 4. The number of amides is 1. The molecule has 0 bridgehead atoms. The van der Waals surface area contributed by atoms with Gasteiger partial charge < -0.3 is 11.1 Å². The number of carbonyl (C=O) groups is 1. The minimum atomic E-state index is -0.360. The van der Waals surface area contributed by atoms with E-state index in [4.69, 9.17) is 5.73 Å². The van der Waals surface area contributed by atoms with Crippen LogP contribution in [0, 0.1) is 12.3 Å². The average molecular weight is 272 g/mol. The molecule has 1 aliphatic rings. The maximum atomic E-state index is 12.2. The Balaban J connectivity index is 1.82. The highest BCUT2D eigenvalue weighted by Crippen LogP contribution is 2.45. The van der Waals surface area contributed by atoms with E-state index in [2.05, 4.69) is 20.8 Å². The SMILES string of the molecule is Cc1nnnn1-c1cccc(NC(=O)C2(CN)CC2)c1. The number of rotatable bonds is 4. The number of aryl methyl sites for hydroxylation is 1. The molecular weight excluding hydrogens is 256 g/mol. The van der Waals surface area contributed by atoms with E-state index < -0.39 is 0 Å². The molecule has 7 heteroatoms. The summed E-state index contributed by atoms with van der Waals surface area (Å²) in [6, 6.07) is 7.42. The summed E-state index contributed by atoms with van der Waals surface area (Å²) in [5, 5.41) is 14.3. The van der Waals surface area contributed by atoms with Crippen LogP contribution in [0.25, 0.3) is 5.69 Å². The van der Waals surface area contributed by atoms with Crippen molar-refractivity contribution in [2.24, 2.45) is 11.1 Å². The number of hydrogen-bond acceptors (Lipinski definition) is 5. The fourth-order valence-electron chi connectivity index (χ4n) is 2.12. The second kappa shape index (κ2) is 4.68. The summed E-state index contributed by atoms with van der Waals surface area (Å²) in [5.74, 6) is 0.680. The lowest BCUT2D eigenvalue weighted by Gasteiger charge is -2.13. The molecule has 1 saturated carbocycles. The molecule has 2 aromatic rings. The van der Waals surface area contributed by atoms with Crippen molar-refractivity contribution < 1.29 is 4.79 Å². The standard InChI is InChI=1S/C13H16N6O/c1-9-16-17-18-19(9)11-4-2-3-10(7-11)15-12(20)13(8-14)5-6-13/h2-4,7H,5-6,8,14H2,1H3,(H,15,20). The number of hydrogen-bond donors (Lipinski definition) is 2. The smallest absolute Gasteiger partial charge is 0.231 e. The molecule has 0 spiro atoms. The Kier molecular flexibility index (Phi) is 2.98. The molecule has 20 heavy (non-hydrogen) atoms. The lowest BCUT2D eigenvalue weighted by atomic mass is 10.1. The van der Waals surface area contributed by atoms with E-state index in [9.17, 15) is 4.79 Å². The second-order valence-electron chi connectivity index (χ2n) is 5.13. The summed E-state index contributed by atoms with van der Waals surface area (Å²) in [4.78, 5) is 12.2. The van der Waals surface area contributed by atoms with Crippen molar-refractivity contribution in [3.05, 3.63) is 30.1 Å². The van der Waals surface area contributed by atoms with Gasteiger partial charge in [0.15, 0.2) is 5.82 Å². The van der Waals surface area contributed by atoms with E-state index in [1.54, 1.807) is 4.68 Å². The third-order valence-electron chi connectivity index (χ3n) is 3.70. The van der Waals surface area contributed by atoms with Crippen molar-refractivity contribution in [2.75, 3.05) is 11.9 Å². The maximum Gasteiger partial charge on any atom is 0.231 e. The Bertz CT molecular complexity index is 646. The van der Waals surface area contributed by atoms with Crippen LogP contribution in [-0.2, 0) is 4.79 Å². The van der Waals surface area contributed by atoms with Gasteiger partial charge in [0.1, 0.15) is 0 Å². The summed E-state index contributed by atoms with van der Waals surface area (Å²) < 4.78 is 1.62. The predicted molar refractivity (Wildman–Crippen MR) is 73.2 cm³/mol. The van der Waals surface area contributed by atoms with Gasteiger partial charge in [0.25, 0.3) is 0 Å². The molecule has 0 aliphatic heterocycles. The first kappa shape index (κ1) is 12.7. The Morgan fingerprint density at radius 3 is 2.90 bits per heavy atom. The molecule has 1 amide bonds. The zero-order chi connectivity index (χ0) is 14.2. The summed E-state index contributed by atoms with van der Waals surface area (Å²) in [5.41, 5.74) is 6.83. The van der Waals surface area contributed by atoms with E-state index in [0.717, 1.165) is 24.2 Å². The van der Waals surface area contributed by atoms with Gasteiger partial charge in [-0.05, 0) is 48.4 Å². The zero-order valence-corrected chi connectivity index (χ0v) is 11.2. The second-order valence-corrected chi connectivity index (χ2v) is 5.13. The predicted octanol–water partition coefficient (Wildman–Crippen LogP) is 0.648. The largest absolute Gasteiger partial charge is 0.329 e. The minimum absolute atomic E-state index is 0.00872. The Morgan fingerprint density at radius 1 is 1.50 bits per heavy atom. The lowest BCUT2D eigenvalue weighted by molar-refractivity contribution is -0.120. The van der Waals surface area contributed by atoms with Gasteiger partial charge in [0, 0.05) is 12.2 Å². The fraction of sp³-hybridized carbons (Fsp3) is 0.385. The Hall–Kier alpha value is -2.28. The van der Waals surface area contributed by atoms with Crippen LogP contribution < -0.4 is 11.1 Å². The highest BCUT2D eigenvalue weighted by molar-refractivity contribution is 5.97. The fourth-order valence-corrected chi connectivity index (χ4v) is 2.12. The number of tetrazole rings is 1. The van der Waals surface area contributed by atoms with Crippen molar-refractivity contribution in [2.45, 2.75) is 19.8 Å². The van der Waals surface area contributed by atoms with Gasteiger partial charge in [-0.25, -0.2) is 0 Å². The molecule has 0 unspecified atom stereocenters. The molecule has 3 N–H and O–H groups in total. The van der Waals surface area contributed by atoms with Crippen LogP contribution in [0.3, 0.4) is 0 Å². The molecule has 0 saturated heterocycles. The third kappa shape index (κ3) is 2.16. The summed E-state index contributed by atoms with van der Waals surface area (Å²) in [7, 11) is 0. The molecule has 104 valence electrons. The van der Waals surface area contributed by atoms with Gasteiger partial charge in [-0.1, -0.05) is 6.07 Å². The van der Waals surface area contributed by atoms with E-state index >= 15 is 0 Å². The van der Waals surface area contributed by atoms with Crippen LogP contribution in [0.4, 0.5) is 5.69 Å². The average Bonchev–Trinajstić information content (AvgIpc) is 3.15. The first-order valence-corrected chi connectivity index (χ1v) is 6.52. The minimum Gasteiger partial charge on any atom is -0.329 e. The molecule has 1 aromatic heterocycles. The Morgan fingerprint density at radius 2 is 2.30 bits per heavy atom. The number of nitrogens with zero attached hydrogens (tertiary/aromatic N) is 4. The van der Waals surface area contributed by atoms with Crippen LogP contribution in [0.2, 0.25) is 0 Å². The molecule has 1 aromatic carbocycles. The monoisotopic (exact) mass is 272 g/mol. The highest BCUT2D eigenvalue weighted by atomic mass is 16.2. The van der Waals surface area contributed by atoms with Gasteiger partial charge in [0.05, 0.1) is 11.1 Å². The summed E-state index contributed by atoms with van der Waals surface area (Å²) >= 11 is 0. The number of anilines is 1. The molecule has 1 aliphatic carbocycles. The summed E-state index contributed by atoms with van der Waals surface area (Å²) in [6.07, 6.45) is 1.72. The molecule has 7 nitrogen and oxygen atoms in total. The normalized spacial score (nSPS) is 15.9. The number of benzene rings is 1. The van der Waals surface area contributed by atoms with Crippen LogP contribution in [0.15, 0.2) is 24.3 Å². The van der Waals surface area contributed by atoms with E-state index in [-0.39, 0.29) is 11.3 Å². The molecule has 1 fully saturated rings. The van der Waals surface area contributed by atoms with Gasteiger partial charge in [0.2, 0.25) is 5.91 Å². The quantitative estimate of drug-likeness (QED) is 0.851. The van der Waals surface area contributed by atoms with E-state index in [1.165, 1.54) is 0 Å². The van der Waals surface area contributed by atoms with Crippen LogP contribution in [0.5, 0.6) is 0 Å².